The number of hydrogen-bond acceptors (Lipinski definition) is 6. The third kappa shape index (κ3) is 4.12. The first-order valence-electron chi connectivity index (χ1n) is 5.99. The van der Waals surface area contributed by atoms with Gasteiger partial charge >= 0.3 is 0 Å². The van der Waals surface area contributed by atoms with Crippen LogP contribution in [0.3, 0.4) is 0 Å². The summed E-state index contributed by atoms with van der Waals surface area (Å²) in [5.74, 6) is 1.03. The van der Waals surface area contributed by atoms with Gasteiger partial charge in [-0.15, -0.1) is 0 Å². The van der Waals surface area contributed by atoms with E-state index in [-0.39, 0.29) is 6.61 Å². The molecule has 0 aliphatic rings. The van der Waals surface area contributed by atoms with E-state index in [1.54, 1.807) is 14.2 Å². The number of hydrogen-bond donors (Lipinski definition) is 2. The number of nitrogens with one attached hydrogen (secondary N) is 1. The molecule has 0 fully saturated rings. The standard InChI is InChI=1S/C12H21N3O3/c1-9(5-4-6-16)13-7-10-11(17-2)14-8-15-12(10)18-3/h8-9,13,16H,4-7H2,1-3H3. The Balaban J connectivity index is 2.65. The van der Waals surface area contributed by atoms with Crippen molar-refractivity contribution in [1.82, 2.24) is 15.3 Å². The largest absolute Gasteiger partial charge is 0.481 e. The second-order valence-corrected chi connectivity index (χ2v) is 4.02. The van der Waals surface area contributed by atoms with Gasteiger partial charge in [-0.3, -0.25) is 0 Å². The van der Waals surface area contributed by atoms with Gasteiger partial charge in [0.1, 0.15) is 6.33 Å². The van der Waals surface area contributed by atoms with Crippen LogP contribution in [-0.4, -0.2) is 41.9 Å². The Labute approximate surface area is 107 Å². The third-order valence-electron chi connectivity index (χ3n) is 2.68. The van der Waals surface area contributed by atoms with E-state index in [1.807, 2.05) is 0 Å². The van der Waals surface area contributed by atoms with Crippen LogP contribution in [0.2, 0.25) is 0 Å². The summed E-state index contributed by atoms with van der Waals surface area (Å²) in [6.07, 6.45) is 3.11. The summed E-state index contributed by atoms with van der Waals surface area (Å²) < 4.78 is 10.4. The van der Waals surface area contributed by atoms with Crippen molar-refractivity contribution < 1.29 is 14.6 Å². The van der Waals surface area contributed by atoms with Gasteiger partial charge in [-0.1, -0.05) is 0 Å². The highest BCUT2D eigenvalue weighted by molar-refractivity contribution is 5.34. The molecule has 1 heterocycles. The van der Waals surface area contributed by atoms with Crippen molar-refractivity contribution in [2.75, 3.05) is 20.8 Å². The Morgan fingerprint density at radius 2 is 1.89 bits per heavy atom. The molecule has 0 spiro atoms. The van der Waals surface area contributed by atoms with Gasteiger partial charge in [-0.2, -0.15) is 0 Å². The van der Waals surface area contributed by atoms with Crippen molar-refractivity contribution in [3.05, 3.63) is 11.9 Å². The molecule has 6 nitrogen and oxygen atoms in total. The van der Waals surface area contributed by atoms with Crippen molar-refractivity contribution in [3.8, 4) is 11.8 Å². The highest BCUT2D eigenvalue weighted by Crippen LogP contribution is 2.23. The quantitative estimate of drug-likeness (QED) is 0.713. The molecule has 1 aromatic rings. The molecule has 0 radical (unpaired) electrons. The van der Waals surface area contributed by atoms with Crippen molar-refractivity contribution in [2.24, 2.45) is 0 Å². The third-order valence-corrected chi connectivity index (χ3v) is 2.68. The van der Waals surface area contributed by atoms with Gasteiger partial charge in [0.05, 0.1) is 19.8 Å². The Bertz CT molecular complexity index is 338. The van der Waals surface area contributed by atoms with E-state index < -0.39 is 0 Å². The predicted molar refractivity (Wildman–Crippen MR) is 67.8 cm³/mol. The molecule has 0 saturated heterocycles. The maximum absolute atomic E-state index is 8.78. The van der Waals surface area contributed by atoms with Crippen LogP contribution in [-0.2, 0) is 6.54 Å². The lowest BCUT2D eigenvalue weighted by atomic mass is 10.2. The Morgan fingerprint density at radius 3 is 2.39 bits per heavy atom. The lowest BCUT2D eigenvalue weighted by Gasteiger charge is -2.15. The maximum Gasteiger partial charge on any atom is 0.224 e. The molecule has 0 bridgehead atoms. The van der Waals surface area contributed by atoms with Crippen molar-refractivity contribution in [1.29, 1.82) is 0 Å². The number of nitrogens with zero attached hydrogens (tertiary/aromatic N) is 2. The minimum absolute atomic E-state index is 0.215. The molecule has 2 N–H and O–H groups in total. The van der Waals surface area contributed by atoms with Crippen LogP contribution in [0.15, 0.2) is 6.33 Å². The Kier molecular flexibility index (Phi) is 6.38. The normalized spacial score (nSPS) is 12.2. The highest BCUT2D eigenvalue weighted by Gasteiger charge is 2.13. The van der Waals surface area contributed by atoms with Crippen LogP contribution in [0.25, 0.3) is 0 Å². The molecule has 0 saturated carbocycles. The van der Waals surface area contributed by atoms with E-state index in [1.165, 1.54) is 6.33 Å². The molecule has 6 heteroatoms. The molecular weight excluding hydrogens is 234 g/mol. The summed E-state index contributed by atoms with van der Waals surface area (Å²) in [5.41, 5.74) is 0.804. The van der Waals surface area contributed by atoms with Crippen LogP contribution >= 0.6 is 0 Å². The van der Waals surface area contributed by atoms with Crippen molar-refractivity contribution in [3.63, 3.8) is 0 Å². The fraction of sp³-hybridized carbons (Fsp3) is 0.667. The Morgan fingerprint density at radius 1 is 1.28 bits per heavy atom. The van der Waals surface area contributed by atoms with E-state index in [2.05, 4.69) is 22.2 Å². The predicted octanol–water partition coefficient (Wildman–Crippen LogP) is 0.744. The zero-order chi connectivity index (χ0) is 13.4. The van der Waals surface area contributed by atoms with Gasteiger partial charge in [0.15, 0.2) is 0 Å². The molecule has 0 amide bonds. The van der Waals surface area contributed by atoms with Gasteiger partial charge in [-0.25, -0.2) is 9.97 Å². The van der Waals surface area contributed by atoms with Gasteiger partial charge < -0.3 is 19.9 Å². The lowest BCUT2D eigenvalue weighted by molar-refractivity contribution is 0.276. The van der Waals surface area contributed by atoms with E-state index in [9.17, 15) is 0 Å². The number of aliphatic hydroxyl groups is 1. The number of aromatic nitrogens is 2. The highest BCUT2D eigenvalue weighted by atomic mass is 16.5. The van der Waals surface area contributed by atoms with Crippen molar-refractivity contribution >= 4 is 0 Å². The second-order valence-electron chi connectivity index (χ2n) is 4.02. The fourth-order valence-electron chi connectivity index (χ4n) is 1.66. The van der Waals surface area contributed by atoms with Gasteiger partial charge in [0.2, 0.25) is 11.8 Å². The van der Waals surface area contributed by atoms with E-state index in [0.29, 0.717) is 24.3 Å². The van der Waals surface area contributed by atoms with Crippen LogP contribution in [0, 0.1) is 0 Å². The minimum atomic E-state index is 0.215. The minimum Gasteiger partial charge on any atom is -0.481 e. The monoisotopic (exact) mass is 255 g/mol. The summed E-state index contributed by atoms with van der Waals surface area (Å²) in [7, 11) is 3.14. The Hall–Kier alpha value is -1.40. The summed E-state index contributed by atoms with van der Waals surface area (Å²) in [5, 5.41) is 12.1. The first-order valence-corrected chi connectivity index (χ1v) is 5.99. The fourth-order valence-corrected chi connectivity index (χ4v) is 1.66. The molecule has 0 aliphatic heterocycles. The number of rotatable bonds is 8. The van der Waals surface area contributed by atoms with Gasteiger partial charge in [0, 0.05) is 19.2 Å². The van der Waals surface area contributed by atoms with E-state index in [4.69, 9.17) is 14.6 Å². The van der Waals surface area contributed by atoms with Crippen LogP contribution < -0.4 is 14.8 Å². The first-order chi connectivity index (χ1) is 8.72. The van der Waals surface area contributed by atoms with Crippen LogP contribution in [0.4, 0.5) is 0 Å². The van der Waals surface area contributed by atoms with Crippen LogP contribution in [0.5, 0.6) is 11.8 Å². The summed E-state index contributed by atoms with van der Waals surface area (Å²) >= 11 is 0. The summed E-state index contributed by atoms with van der Waals surface area (Å²) in [6, 6.07) is 0.298. The first kappa shape index (κ1) is 14.7. The SMILES string of the molecule is COc1ncnc(OC)c1CNC(C)CCCO. The van der Waals surface area contributed by atoms with Crippen molar-refractivity contribution in [2.45, 2.75) is 32.4 Å². The topological polar surface area (TPSA) is 76.5 Å². The average molecular weight is 255 g/mol. The molecule has 0 aliphatic carbocycles. The summed E-state index contributed by atoms with van der Waals surface area (Å²) in [6.45, 7) is 2.85. The smallest absolute Gasteiger partial charge is 0.224 e. The second kappa shape index (κ2) is 7.84. The number of methoxy groups -OCH3 is 2. The molecule has 1 rings (SSSR count). The maximum atomic E-state index is 8.78. The molecule has 18 heavy (non-hydrogen) atoms. The van der Waals surface area contributed by atoms with E-state index >= 15 is 0 Å². The molecule has 1 atom stereocenters. The number of aliphatic hydroxyl groups excluding tert-OH is 1. The zero-order valence-electron chi connectivity index (χ0n) is 11.1. The molecule has 1 aromatic heterocycles. The molecule has 0 aromatic carbocycles. The molecule has 1 unspecified atom stereocenters. The van der Waals surface area contributed by atoms with E-state index in [0.717, 1.165) is 18.4 Å². The van der Waals surface area contributed by atoms with Crippen LogP contribution in [0.1, 0.15) is 25.3 Å². The lowest BCUT2D eigenvalue weighted by Crippen LogP contribution is -2.26. The average Bonchev–Trinajstić information content (AvgIpc) is 2.42. The summed E-state index contributed by atoms with van der Waals surface area (Å²) in [4.78, 5) is 8.11. The number of ether oxygens (including phenoxy) is 2. The van der Waals surface area contributed by atoms with Gasteiger partial charge in [-0.05, 0) is 19.8 Å². The zero-order valence-corrected chi connectivity index (χ0v) is 11.1. The molecular formula is C12H21N3O3. The molecule has 102 valence electrons. The van der Waals surface area contributed by atoms with Gasteiger partial charge in [0.25, 0.3) is 0 Å².